The highest BCUT2D eigenvalue weighted by Gasteiger charge is 2.17. The maximum atomic E-state index is 11.3. The number of aromatic amines is 1. The van der Waals surface area contributed by atoms with E-state index in [0.29, 0.717) is 6.42 Å². The van der Waals surface area contributed by atoms with Crippen molar-refractivity contribution < 1.29 is 9.90 Å². The fraction of sp³-hybridized carbons (Fsp3) is 0.833. The van der Waals surface area contributed by atoms with Gasteiger partial charge in [0.1, 0.15) is 6.04 Å². The number of hydrogen-bond donors (Lipinski definition) is 3. The Kier molecular flexibility index (Phi) is 16.5. The quantitative estimate of drug-likeness (QED) is 0.210. The van der Waals surface area contributed by atoms with Gasteiger partial charge < -0.3 is 15.4 Å². The van der Waals surface area contributed by atoms with E-state index in [1.165, 1.54) is 96.3 Å². The predicted octanol–water partition coefficient (Wildman–Crippen LogP) is 6.26. The van der Waals surface area contributed by atoms with Crippen molar-refractivity contribution >= 4 is 5.97 Å². The number of aliphatic carboxylic acids is 1. The number of carbonyl (C=O) groups is 1. The molecule has 0 spiro atoms. The second-order valence-corrected chi connectivity index (χ2v) is 8.43. The fourth-order valence-electron chi connectivity index (χ4n) is 3.81. The lowest BCUT2D eigenvalue weighted by Crippen LogP contribution is -2.39. The third-order valence-electron chi connectivity index (χ3n) is 5.70. The van der Waals surface area contributed by atoms with Crippen molar-refractivity contribution in [3.05, 3.63) is 18.2 Å². The van der Waals surface area contributed by atoms with E-state index in [-0.39, 0.29) is 0 Å². The zero-order chi connectivity index (χ0) is 21.0. The molecular formula is C24H45N3O2. The minimum atomic E-state index is -0.795. The van der Waals surface area contributed by atoms with Crippen molar-refractivity contribution in [1.82, 2.24) is 15.3 Å². The van der Waals surface area contributed by atoms with Crippen molar-refractivity contribution in [2.75, 3.05) is 6.54 Å². The summed E-state index contributed by atoms with van der Waals surface area (Å²) in [5.41, 5.74) is 0.858. The Morgan fingerprint density at radius 3 is 1.79 bits per heavy atom. The average Bonchev–Trinajstić information content (AvgIpc) is 3.22. The summed E-state index contributed by atoms with van der Waals surface area (Å²) >= 11 is 0. The molecule has 0 aliphatic carbocycles. The first-order valence-electron chi connectivity index (χ1n) is 12.2. The standard InChI is InChI=1S/C24H45N3O2/c1-2-3-4-5-6-7-8-9-10-11-12-13-14-15-16-17-18-26-23(24(28)29)19-22-20-25-21-27-22/h20-21,23,26H,2-19H2,1H3,(H,25,27)(H,28,29). The molecule has 0 aliphatic heterocycles. The van der Waals surface area contributed by atoms with Crippen LogP contribution in [0.15, 0.2) is 12.5 Å². The van der Waals surface area contributed by atoms with Crippen LogP contribution in [0.2, 0.25) is 0 Å². The molecule has 5 nitrogen and oxygen atoms in total. The molecule has 1 atom stereocenters. The van der Waals surface area contributed by atoms with Crippen LogP contribution >= 0.6 is 0 Å². The maximum absolute atomic E-state index is 11.3. The highest BCUT2D eigenvalue weighted by Crippen LogP contribution is 2.13. The lowest BCUT2D eigenvalue weighted by Gasteiger charge is -2.13. The first-order chi connectivity index (χ1) is 14.2. The second-order valence-electron chi connectivity index (χ2n) is 8.43. The van der Waals surface area contributed by atoms with Gasteiger partial charge in [0.25, 0.3) is 0 Å². The van der Waals surface area contributed by atoms with E-state index in [2.05, 4.69) is 22.2 Å². The monoisotopic (exact) mass is 407 g/mol. The van der Waals surface area contributed by atoms with Crippen molar-refractivity contribution in [2.45, 2.75) is 122 Å². The van der Waals surface area contributed by atoms with Crippen molar-refractivity contribution in [1.29, 1.82) is 0 Å². The lowest BCUT2D eigenvalue weighted by molar-refractivity contribution is -0.139. The summed E-state index contributed by atoms with van der Waals surface area (Å²) in [7, 11) is 0. The molecule has 0 radical (unpaired) electrons. The molecule has 5 heteroatoms. The van der Waals surface area contributed by atoms with Gasteiger partial charge in [-0.15, -0.1) is 0 Å². The molecule has 0 amide bonds. The van der Waals surface area contributed by atoms with Gasteiger partial charge in [-0.1, -0.05) is 103 Å². The summed E-state index contributed by atoms with van der Waals surface area (Å²) in [4.78, 5) is 18.2. The third kappa shape index (κ3) is 15.2. The van der Waals surface area contributed by atoms with Crippen LogP contribution in [-0.2, 0) is 11.2 Å². The Hall–Kier alpha value is -1.36. The number of nitrogens with zero attached hydrogens (tertiary/aromatic N) is 1. The fourth-order valence-corrected chi connectivity index (χ4v) is 3.81. The maximum Gasteiger partial charge on any atom is 0.321 e. The number of hydrogen-bond acceptors (Lipinski definition) is 3. The number of nitrogens with one attached hydrogen (secondary N) is 2. The number of unbranched alkanes of at least 4 members (excludes halogenated alkanes) is 15. The molecule has 0 saturated carbocycles. The topological polar surface area (TPSA) is 78.0 Å². The smallest absolute Gasteiger partial charge is 0.321 e. The molecular weight excluding hydrogens is 362 g/mol. The van der Waals surface area contributed by atoms with Crippen LogP contribution in [0, 0.1) is 0 Å². The van der Waals surface area contributed by atoms with Crippen LogP contribution in [-0.4, -0.2) is 33.6 Å². The zero-order valence-electron chi connectivity index (χ0n) is 18.8. The Morgan fingerprint density at radius 1 is 0.897 bits per heavy atom. The molecule has 168 valence electrons. The van der Waals surface area contributed by atoms with E-state index in [1.54, 1.807) is 12.5 Å². The first kappa shape index (κ1) is 25.7. The van der Waals surface area contributed by atoms with Gasteiger partial charge in [0.2, 0.25) is 0 Å². The molecule has 0 saturated heterocycles. The number of imidazole rings is 1. The van der Waals surface area contributed by atoms with Crippen LogP contribution in [0.1, 0.15) is 115 Å². The van der Waals surface area contributed by atoms with E-state index >= 15 is 0 Å². The summed E-state index contributed by atoms with van der Waals surface area (Å²) in [6, 6.07) is -0.535. The SMILES string of the molecule is CCCCCCCCCCCCCCCCCCNC(Cc1cnc[nH]1)C(=O)O. The summed E-state index contributed by atoms with van der Waals surface area (Å²) in [5, 5.41) is 12.5. The second kappa shape index (κ2) is 18.7. The van der Waals surface area contributed by atoms with Gasteiger partial charge in [-0.2, -0.15) is 0 Å². The highest BCUT2D eigenvalue weighted by molar-refractivity contribution is 5.73. The van der Waals surface area contributed by atoms with E-state index < -0.39 is 12.0 Å². The van der Waals surface area contributed by atoms with E-state index in [9.17, 15) is 9.90 Å². The van der Waals surface area contributed by atoms with Crippen LogP contribution < -0.4 is 5.32 Å². The van der Waals surface area contributed by atoms with Gasteiger partial charge in [0, 0.05) is 18.3 Å². The molecule has 29 heavy (non-hydrogen) atoms. The molecule has 0 fully saturated rings. The molecule has 1 aromatic rings. The Bertz CT molecular complexity index is 476. The minimum Gasteiger partial charge on any atom is -0.480 e. The number of carboxylic acids is 1. The molecule has 0 aromatic carbocycles. The molecule has 0 bridgehead atoms. The van der Waals surface area contributed by atoms with Gasteiger partial charge in [-0.05, 0) is 13.0 Å². The molecule has 1 unspecified atom stereocenters. The first-order valence-corrected chi connectivity index (χ1v) is 12.2. The van der Waals surface area contributed by atoms with Gasteiger partial charge in [0.05, 0.1) is 6.33 Å². The van der Waals surface area contributed by atoms with Gasteiger partial charge in [-0.3, -0.25) is 4.79 Å². The largest absolute Gasteiger partial charge is 0.480 e. The predicted molar refractivity (Wildman–Crippen MR) is 121 cm³/mol. The summed E-state index contributed by atoms with van der Waals surface area (Å²) < 4.78 is 0. The van der Waals surface area contributed by atoms with E-state index in [1.807, 2.05) is 0 Å². The molecule has 1 heterocycles. The number of aromatic nitrogens is 2. The number of H-pyrrole nitrogens is 1. The van der Waals surface area contributed by atoms with Crippen molar-refractivity contribution in [3.8, 4) is 0 Å². The van der Waals surface area contributed by atoms with E-state index in [0.717, 1.165) is 18.7 Å². The third-order valence-corrected chi connectivity index (χ3v) is 5.70. The van der Waals surface area contributed by atoms with Gasteiger partial charge in [-0.25, -0.2) is 4.98 Å². The number of carboxylic acid groups (broad SMARTS) is 1. The van der Waals surface area contributed by atoms with Crippen LogP contribution in [0.4, 0.5) is 0 Å². The Morgan fingerprint density at radius 2 is 1.38 bits per heavy atom. The van der Waals surface area contributed by atoms with Crippen molar-refractivity contribution in [3.63, 3.8) is 0 Å². The summed E-state index contributed by atoms with van der Waals surface area (Å²) in [6.45, 7) is 3.04. The molecule has 1 aromatic heterocycles. The molecule has 3 N–H and O–H groups in total. The van der Waals surface area contributed by atoms with Gasteiger partial charge in [0.15, 0.2) is 0 Å². The van der Waals surface area contributed by atoms with E-state index in [4.69, 9.17) is 0 Å². The average molecular weight is 408 g/mol. The van der Waals surface area contributed by atoms with Crippen LogP contribution in [0.25, 0.3) is 0 Å². The summed E-state index contributed by atoms with van der Waals surface area (Å²) in [6.07, 6.45) is 25.4. The molecule has 1 rings (SSSR count). The highest BCUT2D eigenvalue weighted by atomic mass is 16.4. The summed E-state index contributed by atoms with van der Waals surface area (Å²) in [5.74, 6) is -0.795. The Labute approximate surface area is 178 Å². The van der Waals surface area contributed by atoms with Crippen molar-refractivity contribution in [2.24, 2.45) is 0 Å². The Balaban J connectivity index is 1.82. The number of rotatable bonds is 21. The zero-order valence-corrected chi connectivity index (χ0v) is 18.8. The lowest BCUT2D eigenvalue weighted by atomic mass is 10.0. The molecule has 0 aliphatic rings. The van der Waals surface area contributed by atoms with Crippen LogP contribution in [0.5, 0.6) is 0 Å². The normalized spacial score (nSPS) is 12.3. The van der Waals surface area contributed by atoms with Gasteiger partial charge >= 0.3 is 5.97 Å². The van der Waals surface area contributed by atoms with Crippen LogP contribution in [0.3, 0.4) is 0 Å². The minimum absolute atomic E-state index is 0.453.